The van der Waals surface area contributed by atoms with Crippen LogP contribution in [-0.2, 0) is 21.6 Å². The number of rotatable bonds is 11. The number of hydrogen-bond donors (Lipinski definition) is 1. The van der Waals surface area contributed by atoms with Crippen molar-refractivity contribution in [1.82, 2.24) is 24.2 Å². The summed E-state index contributed by atoms with van der Waals surface area (Å²) in [5, 5.41) is 17.4. The van der Waals surface area contributed by atoms with E-state index in [0.717, 1.165) is 4.57 Å². The molecule has 3 aromatic heterocycles. The minimum Gasteiger partial charge on any atom is -0.496 e. The number of halogens is 1. The third-order valence-corrected chi connectivity index (χ3v) is 8.39. The highest BCUT2D eigenvalue weighted by Crippen LogP contribution is 2.34. The summed E-state index contributed by atoms with van der Waals surface area (Å²) >= 11 is 1.19. The van der Waals surface area contributed by atoms with Gasteiger partial charge in [-0.1, -0.05) is 11.3 Å². The number of fused-ring (bicyclic) bond motifs is 1. The van der Waals surface area contributed by atoms with Crippen molar-refractivity contribution in [3.05, 3.63) is 74.4 Å². The molecule has 43 heavy (non-hydrogen) atoms. The molecule has 0 saturated heterocycles. The van der Waals surface area contributed by atoms with Gasteiger partial charge in [-0.2, -0.15) is 10.4 Å². The molecule has 4 aromatic rings. The highest BCUT2D eigenvalue weighted by Gasteiger charge is 2.36. The summed E-state index contributed by atoms with van der Waals surface area (Å²) in [6, 6.07) is 7.58. The molecule has 0 aliphatic rings. The van der Waals surface area contributed by atoms with Crippen LogP contribution in [0.2, 0.25) is 0 Å². The summed E-state index contributed by atoms with van der Waals surface area (Å²) in [5.74, 6) is -1.22. The van der Waals surface area contributed by atoms with Gasteiger partial charge in [-0.05, 0) is 65.8 Å². The predicted octanol–water partition coefficient (Wildman–Crippen LogP) is 4.04. The number of amides is 1. The Morgan fingerprint density at radius 1 is 1.26 bits per heavy atom. The SMILES string of the molecule is COc1ccc(F)cc1C(Cn1c(=O)n(C(C)(C)C(=O)NC(C)C)c(=O)c2c(C)c(-n3cccn3)sc21)OC[C@@H](C)C#N. The van der Waals surface area contributed by atoms with E-state index in [2.05, 4.69) is 16.5 Å². The van der Waals surface area contributed by atoms with E-state index in [4.69, 9.17) is 9.47 Å². The zero-order valence-corrected chi connectivity index (χ0v) is 26.0. The number of nitrogens with zero attached hydrogens (tertiary/aromatic N) is 5. The maximum atomic E-state index is 14.5. The van der Waals surface area contributed by atoms with Gasteiger partial charge in [-0.25, -0.2) is 18.4 Å². The monoisotopic (exact) mass is 610 g/mol. The van der Waals surface area contributed by atoms with E-state index < -0.39 is 40.5 Å². The van der Waals surface area contributed by atoms with Crippen molar-refractivity contribution in [1.29, 1.82) is 5.26 Å². The molecule has 0 spiro atoms. The van der Waals surface area contributed by atoms with Gasteiger partial charge in [0.15, 0.2) is 0 Å². The summed E-state index contributed by atoms with van der Waals surface area (Å²) in [6.45, 7) is 9.85. The van der Waals surface area contributed by atoms with Crippen molar-refractivity contribution < 1.29 is 18.7 Å². The van der Waals surface area contributed by atoms with Crippen LogP contribution >= 0.6 is 11.3 Å². The number of aryl methyl sites for hydroxylation is 1. The molecule has 0 aliphatic carbocycles. The minimum absolute atomic E-state index is 0.0113. The van der Waals surface area contributed by atoms with E-state index in [-0.39, 0.29) is 24.6 Å². The normalized spacial score (nSPS) is 13.2. The second-order valence-electron chi connectivity index (χ2n) is 11.1. The first-order valence-corrected chi connectivity index (χ1v) is 14.6. The molecule has 228 valence electrons. The maximum absolute atomic E-state index is 14.5. The average Bonchev–Trinajstić information content (AvgIpc) is 3.60. The van der Waals surface area contributed by atoms with Crippen LogP contribution in [0.15, 0.2) is 46.2 Å². The largest absolute Gasteiger partial charge is 0.496 e. The van der Waals surface area contributed by atoms with Crippen LogP contribution in [0.3, 0.4) is 0 Å². The summed E-state index contributed by atoms with van der Waals surface area (Å²) < 4.78 is 30.1. The van der Waals surface area contributed by atoms with E-state index in [0.29, 0.717) is 26.7 Å². The summed E-state index contributed by atoms with van der Waals surface area (Å²) in [4.78, 5) is 42.1. The van der Waals surface area contributed by atoms with Crippen molar-refractivity contribution in [3.63, 3.8) is 0 Å². The standard InChI is InChI=1S/C30H35FN6O5S/c1-17(2)34-28(39)30(5,6)37-25(38)24-19(4)26(36-12-8-11-33-36)43-27(24)35(29(37)40)15-23(42-16-18(3)14-32)21-13-20(31)9-10-22(21)41-7/h8-13,17-18,23H,15-16H2,1-7H3,(H,34,39)/t18-,23?/m0/s1. The Bertz CT molecular complexity index is 1800. The summed E-state index contributed by atoms with van der Waals surface area (Å²) in [6.07, 6.45) is 2.37. The van der Waals surface area contributed by atoms with Gasteiger partial charge in [-0.15, -0.1) is 0 Å². The molecule has 1 N–H and O–H groups in total. The van der Waals surface area contributed by atoms with Gasteiger partial charge in [0.05, 0.1) is 37.6 Å². The van der Waals surface area contributed by atoms with Crippen LogP contribution in [0.5, 0.6) is 5.75 Å². The quantitative estimate of drug-likeness (QED) is 0.271. The van der Waals surface area contributed by atoms with Crippen LogP contribution in [0.4, 0.5) is 4.39 Å². The minimum atomic E-state index is -1.57. The van der Waals surface area contributed by atoms with E-state index in [1.165, 1.54) is 55.1 Å². The molecular formula is C30H35FN6O5S. The molecule has 0 aliphatic heterocycles. The number of aromatic nitrogens is 4. The number of ether oxygens (including phenoxy) is 2. The Balaban J connectivity index is 2.03. The van der Waals surface area contributed by atoms with Gasteiger partial charge in [-0.3, -0.25) is 14.2 Å². The molecule has 1 aromatic carbocycles. The molecule has 3 heterocycles. The molecule has 0 bridgehead atoms. The van der Waals surface area contributed by atoms with Crippen LogP contribution in [-0.4, -0.2) is 44.6 Å². The fourth-order valence-corrected chi connectivity index (χ4v) is 6.04. The van der Waals surface area contributed by atoms with E-state index in [1.807, 2.05) is 0 Å². The van der Waals surface area contributed by atoms with Gasteiger partial charge in [0.25, 0.3) is 5.56 Å². The van der Waals surface area contributed by atoms with Gasteiger partial charge >= 0.3 is 5.69 Å². The van der Waals surface area contributed by atoms with Crippen LogP contribution in [0, 0.1) is 30.0 Å². The molecule has 11 nitrogen and oxygen atoms in total. The third kappa shape index (κ3) is 6.11. The number of methoxy groups -OCH3 is 1. The highest BCUT2D eigenvalue weighted by atomic mass is 32.1. The van der Waals surface area contributed by atoms with Crippen molar-refractivity contribution >= 4 is 27.5 Å². The van der Waals surface area contributed by atoms with Crippen LogP contribution in [0.25, 0.3) is 15.2 Å². The highest BCUT2D eigenvalue weighted by molar-refractivity contribution is 7.21. The topological polar surface area (TPSA) is 133 Å². The lowest BCUT2D eigenvalue weighted by Gasteiger charge is -2.28. The third-order valence-electron chi connectivity index (χ3n) is 7.09. The first-order chi connectivity index (χ1) is 20.3. The number of carbonyl (C=O) groups is 1. The van der Waals surface area contributed by atoms with Crippen LogP contribution in [0.1, 0.15) is 51.8 Å². The smallest absolute Gasteiger partial charge is 0.333 e. The lowest BCUT2D eigenvalue weighted by Crippen LogP contribution is -2.56. The summed E-state index contributed by atoms with van der Waals surface area (Å²) in [7, 11) is 1.44. The second kappa shape index (κ2) is 12.5. The van der Waals surface area contributed by atoms with Crippen molar-refractivity contribution in [2.45, 2.75) is 65.8 Å². The Labute approximate surface area is 252 Å². The van der Waals surface area contributed by atoms with E-state index in [9.17, 15) is 24.0 Å². The molecule has 13 heteroatoms. The predicted molar refractivity (Wildman–Crippen MR) is 161 cm³/mol. The van der Waals surface area contributed by atoms with Gasteiger partial charge in [0.2, 0.25) is 5.91 Å². The number of hydrogen-bond acceptors (Lipinski definition) is 8. The molecule has 0 saturated carbocycles. The number of thiophene rings is 1. The Morgan fingerprint density at radius 3 is 2.58 bits per heavy atom. The first-order valence-electron chi connectivity index (χ1n) is 13.8. The summed E-state index contributed by atoms with van der Waals surface area (Å²) in [5.41, 5.74) is -2.03. The molecule has 1 unspecified atom stereocenters. The van der Waals surface area contributed by atoms with Crippen molar-refractivity contribution in [2.75, 3.05) is 13.7 Å². The molecule has 1 amide bonds. The number of nitrogens with one attached hydrogen (secondary N) is 1. The second-order valence-corrected chi connectivity index (χ2v) is 12.1. The van der Waals surface area contributed by atoms with Crippen molar-refractivity contribution in [2.24, 2.45) is 5.92 Å². The number of nitriles is 1. The van der Waals surface area contributed by atoms with Crippen LogP contribution < -0.4 is 21.3 Å². The fourth-order valence-electron chi connectivity index (χ4n) is 4.80. The van der Waals surface area contributed by atoms with E-state index in [1.54, 1.807) is 50.8 Å². The molecule has 2 atom stereocenters. The Kier molecular flexibility index (Phi) is 9.22. The van der Waals surface area contributed by atoms with Gasteiger partial charge in [0, 0.05) is 29.6 Å². The molecule has 4 rings (SSSR count). The van der Waals surface area contributed by atoms with E-state index >= 15 is 0 Å². The molecule has 0 radical (unpaired) electrons. The van der Waals surface area contributed by atoms with Gasteiger partial charge in [0.1, 0.15) is 33.0 Å². The first kappa shape index (κ1) is 31.7. The Morgan fingerprint density at radius 2 is 1.98 bits per heavy atom. The Hall–Kier alpha value is -4.28. The number of benzene rings is 1. The fraction of sp³-hybridized carbons (Fsp3) is 0.433. The lowest BCUT2D eigenvalue weighted by molar-refractivity contribution is -0.129. The number of carbonyl (C=O) groups excluding carboxylic acids is 1. The zero-order chi connectivity index (χ0) is 31.6. The lowest BCUT2D eigenvalue weighted by atomic mass is 10.0. The molecular weight excluding hydrogens is 575 g/mol. The maximum Gasteiger partial charge on any atom is 0.333 e. The van der Waals surface area contributed by atoms with Gasteiger partial charge < -0.3 is 14.8 Å². The zero-order valence-electron chi connectivity index (χ0n) is 25.2. The molecule has 0 fully saturated rings. The van der Waals surface area contributed by atoms with Crippen molar-refractivity contribution in [3.8, 4) is 16.8 Å². The average molecular weight is 611 g/mol.